The lowest BCUT2D eigenvalue weighted by atomic mass is 10.2. The minimum absolute atomic E-state index is 0.0904. The topological polar surface area (TPSA) is 33.5 Å². The molecule has 0 spiro atoms. The molecule has 1 amide bonds. The number of hydrogen-bond donors (Lipinski definition) is 0. The van der Waals surface area contributed by atoms with Crippen molar-refractivity contribution in [2.24, 2.45) is 5.92 Å². The molecular formula is C13H15NO2. The highest BCUT2D eigenvalue weighted by Crippen LogP contribution is 2.30. The van der Waals surface area contributed by atoms with E-state index in [1.54, 1.807) is 11.0 Å². The predicted octanol–water partition coefficient (Wildman–Crippen LogP) is 2.07. The van der Waals surface area contributed by atoms with E-state index in [0.29, 0.717) is 18.2 Å². The average molecular weight is 217 g/mol. The Morgan fingerprint density at radius 1 is 1.69 bits per heavy atom. The molecule has 1 aromatic rings. The normalized spacial score (nSPS) is 14.5. The number of carbonyl (C=O) groups excluding carboxylic acids is 1. The third-order valence-electron chi connectivity index (χ3n) is 2.80. The van der Waals surface area contributed by atoms with Crippen LogP contribution in [0.5, 0.6) is 0 Å². The summed E-state index contributed by atoms with van der Waals surface area (Å²) in [6.07, 6.45) is 9.22. The van der Waals surface area contributed by atoms with Gasteiger partial charge in [0.15, 0.2) is 5.76 Å². The Hall–Kier alpha value is -1.69. The van der Waals surface area contributed by atoms with Crippen LogP contribution in [-0.2, 0) is 0 Å². The molecule has 84 valence electrons. The van der Waals surface area contributed by atoms with Crippen LogP contribution in [0.2, 0.25) is 0 Å². The van der Waals surface area contributed by atoms with Crippen LogP contribution in [0.25, 0.3) is 0 Å². The molecule has 1 aliphatic rings. The average Bonchev–Trinajstić information content (AvgIpc) is 2.98. The second-order valence-electron chi connectivity index (χ2n) is 4.27. The summed E-state index contributed by atoms with van der Waals surface area (Å²) in [5.41, 5.74) is 0.864. The van der Waals surface area contributed by atoms with Gasteiger partial charge in [0.25, 0.3) is 5.91 Å². The van der Waals surface area contributed by atoms with E-state index in [-0.39, 0.29) is 5.91 Å². The standard InChI is InChI=1S/C13H15NO2/c1-3-7-14(9-11-4-5-11)13(15)12-10(2)6-8-16-12/h1,6,8,11H,4-5,7,9H2,2H3. The summed E-state index contributed by atoms with van der Waals surface area (Å²) in [6, 6.07) is 1.79. The Morgan fingerprint density at radius 3 is 2.94 bits per heavy atom. The Bertz CT molecular complexity index is 423. The Kier molecular flexibility index (Phi) is 3.00. The third-order valence-corrected chi connectivity index (χ3v) is 2.80. The van der Waals surface area contributed by atoms with Gasteiger partial charge >= 0.3 is 0 Å². The Morgan fingerprint density at radius 2 is 2.44 bits per heavy atom. The van der Waals surface area contributed by atoms with E-state index in [1.807, 2.05) is 6.92 Å². The first kappa shape index (κ1) is 10.8. The van der Waals surface area contributed by atoms with Crippen LogP contribution >= 0.6 is 0 Å². The summed E-state index contributed by atoms with van der Waals surface area (Å²) in [7, 11) is 0. The molecule has 0 bridgehead atoms. The number of rotatable bonds is 4. The Balaban J connectivity index is 2.10. The molecular weight excluding hydrogens is 202 g/mol. The zero-order valence-corrected chi connectivity index (χ0v) is 9.40. The zero-order chi connectivity index (χ0) is 11.5. The van der Waals surface area contributed by atoms with Crippen LogP contribution in [0.15, 0.2) is 16.7 Å². The van der Waals surface area contributed by atoms with Crippen LogP contribution in [0.3, 0.4) is 0 Å². The molecule has 0 aliphatic heterocycles. The summed E-state index contributed by atoms with van der Waals surface area (Å²) < 4.78 is 5.20. The molecule has 1 heterocycles. The monoisotopic (exact) mass is 217 g/mol. The van der Waals surface area contributed by atoms with Gasteiger partial charge in [0.05, 0.1) is 12.8 Å². The first-order valence-electron chi connectivity index (χ1n) is 5.49. The van der Waals surface area contributed by atoms with Gasteiger partial charge in [-0.05, 0) is 31.7 Å². The third kappa shape index (κ3) is 2.27. The minimum atomic E-state index is -0.0904. The second-order valence-corrected chi connectivity index (χ2v) is 4.27. The molecule has 0 radical (unpaired) electrons. The van der Waals surface area contributed by atoms with Crippen molar-refractivity contribution in [3.63, 3.8) is 0 Å². The van der Waals surface area contributed by atoms with Crippen molar-refractivity contribution in [1.82, 2.24) is 4.90 Å². The largest absolute Gasteiger partial charge is 0.459 e. The second kappa shape index (κ2) is 4.44. The zero-order valence-electron chi connectivity index (χ0n) is 9.40. The fraction of sp³-hybridized carbons (Fsp3) is 0.462. The van der Waals surface area contributed by atoms with Gasteiger partial charge < -0.3 is 9.32 Å². The maximum absolute atomic E-state index is 12.1. The molecule has 3 nitrogen and oxygen atoms in total. The number of amides is 1. The predicted molar refractivity (Wildman–Crippen MR) is 60.9 cm³/mol. The van der Waals surface area contributed by atoms with Gasteiger partial charge in [-0.1, -0.05) is 5.92 Å². The van der Waals surface area contributed by atoms with E-state index < -0.39 is 0 Å². The van der Waals surface area contributed by atoms with Gasteiger partial charge in [-0.25, -0.2) is 0 Å². The fourth-order valence-corrected chi connectivity index (χ4v) is 1.68. The van der Waals surface area contributed by atoms with E-state index in [1.165, 1.54) is 19.1 Å². The van der Waals surface area contributed by atoms with E-state index >= 15 is 0 Å². The molecule has 2 rings (SSSR count). The summed E-state index contributed by atoms with van der Waals surface area (Å²) >= 11 is 0. The van der Waals surface area contributed by atoms with E-state index in [2.05, 4.69) is 5.92 Å². The summed E-state index contributed by atoms with van der Waals surface area (Å²) in [5.74, 6) is 3.48. The molecule has 16 heavy (non-hydrogen) atoms. The van der Waals surface area contributed by atoms with Crippen LogP contribution < -0.4 is 0 Å². The first-order valence-corrected chi connectivity index (χ1v) is 5.49. The van der Waals surface area contributed by atoms with Gasteiger partial charge in [0, 0.05) is 12.1 Å². The van der Waals surface area contributed by atoms with Crippen LogP contribution in [0.4, 0.5) is 0 Å². The number of aryl methyl sites for hydroxylation is 1. The number of nitrogens with zero attached hydrogens (tertiary/aromatic N) is 1. The van der Waals surface area contributed by atoms with Crippen molar-refractivity contribution in [2.45, 2.75) is 19.8 Å². The molecule has 1 aliphatic carbocycles. The lowest BCUT2D eigenvalue weighted by Crippen LogP contribution is -2.33. The lowest BCUT2D eigenvalue weighted by Gasteiger charge is -2.18. The highest BCUT2D eigenvalue weighted by Gasteiger charge is 2.28. The molecule has 1 aromatic heterocycles. The quantitative estimate of drug-likeness (QED) is 0.723. The van der Waals surface area contributed by atoms with Crippen molar-refractivity contribution < 1.29 is 9.21 Å². The van der Waals surface area contributed by atoms with Crippen LogP contribution in [-0.4, -0.2) is 23.9 Å². The SMILES string of the molecule is C#CCN(CC1CC1)C(=O)c1occc1C. The molecule has 0 saturated heterocycles. The molecule has 1 fully saturated rings. The molecule has 1 saturated carbocycles. The number of terminal acetylenes is 1. The summed E-state index contributed by atoms with van der Waals surface area (Å²) in [6.45, 7) is 2.97. The Labute approximate surface area is 95.4 Å². The van der Waals surface area contributed by atoms with Crippen molar-refractivity contribution in [1.29, 1.82) is 0 Å². The smallest absolute Gasteiger partial charge is 0.290 e. The number of carbonyl (C=O) groups is 1. The van der Waals surface area contributed by atoms with Gasteiger partial charge in [-0.3, -0.25) is 4.79 Å². The van der Waals surface area contributed by atoms with Crippen LogP contribution in [0, 0.1) is 25.2 Å². The highest BCUT2D eigenvalue weighted by atomic mass is 16.3. The minimum Gasteiger partial charge on any atom is -0.459 e. The maximum atomic E-state index is 12.1. The first-order chi connectivity index (χ1) is 7.72. The van der Waals surface area contributed by atoms with Crippen molar-refractivity contribution in [3.8, 4) is 12.3 Å². The maximum Gasteiger partial charge on any atom is 0.290 e. The number of hydrogen-bond acceptors (Lipinski definition) is 2. The molecule has 0 N–H and O–H groups in total. The van der Waals surface area contributed by atoms with E-state index in [0.717, 1.165) is 12.1 Å². The molecule has 0 unspecified atom stereocenters. The number of furan rings is 1. The lowest BCUT2D eigenvalue weighted by molar-refractivity contribution is 0.0737. The molecule has 0 atom stereocenters. The van der Waals surface area contributed by atoms with Gasteiger partial charge in [-0.2, -0.15) is 0 Å². The van der Waals surface area contributed by atoms with Gasteiger partial charge in [0.1, 0.15) is 0 Å². The summed E-state index contributed by atoms with van der Waals surface area (Å²) in [5, 5.41) is 0. The molecule has 3 heteroatoms. The fourth-order valence-electron chi connectivity index (χ4n) is 1.68. The van der Waals surface area contributed by atoms with Crippen molar-refractivity contribution in [2.75, 3.05) is 13.1 Å². The van der Waals surface area contributed by atoms with Crippen molar-refractivity contribution in [3.05, 3.63) is 23.7 Å². The molecule has 0 aromatic carbocycles. The van der Waals surface area contributed by atoms with E-state index in [9.17, 15) is 4.79 Å². The van der Waals surface area contributed by atoms with Crippen molar-refractivity contribution >= 4 is 5.91 Å². The van der Waals surface area contributed by atoms with Crippen LogP contribution in [0.1, 0.15) is 29.0 Å². The van der Waals surface area contributed by atoms with Gasteiger partial charge in [0.2, 0.25) is 0 Å². The van der Waals surface area contributed by atoms with Gasteiger partial charge in [-0.15, -0.1) is 6.42 Å². The van der Waals surface area contributed by atoms with E-state index in [4.69, 9.17) is 10.8 Å². The summed E-state index contributed by atoms with van der Waals surface area (Å²) in [4.78, 5) is 13.8. The highest BCUT2D eigenvalue weighted by molar-refractivity contribution is 5.93.